The van der Waals surface area contributed by atoms with Crippen molar-refractivity contribution in [2.45, 2.75) is 5.54 Å². The van der Waals surface area contributed by atoms with Crippen molar-refractivity contribution in [3.63, 3.8) is 0 Å². The zero-order valence-corrected chi connectivity index (χ0v) is 6.92. The third-order valence-corrected chi connectivity index (χ3v) is 0.945. The Morgan fingerprint density at radius 2 is 1.09 bits per heavy atom. The molecule has 0 saturated carbocycles. The molecule has 7 heteroatoms. The zero-order chi connectivity index (χ0) is 6.62. The quantitative estimate of drug-likeness (QED) is 0.377. The van der Waals surface area contributed by atoms with Crippen LogP contribution in [0.4, 0.5) is 0 Å². The van der Waals surface area contributed by atoms with Crippen LogP contribution in [-0.4, -0.2) is 40.7 Å². The predicted molar refractivity (Wildman–Crippen MR) is 29.5 cm³/mol. The molecule has 6 nitrogen and oxygen atoms in total. The maximum Gasteiger partial charge on any atom is 0.0856 e. The Kier molecular flexibility index (Phi) is 21.0. The minimum absolute atomic E-state index is 0. The number of hydrogen-bond acceptors (Lipinski definition) is 4. The minimum atomic E-state index is -1.21. The second kappa shape index (κ2) is 10.3. The van der Waals surface area contributed by atoms with Crippen LogP contribution in [0.25, 0.3) is 0 Å². The van der Waals surface area contributed by atoms with E-state index >= 15 is 0 Å². The molecule has 0 saturated heterocycles. The number of aliphatic hydroxyl groups excluding tert-OH is 3. The Bertz CT molecular complexity index is 61.2. The summed E-state index contributed by atoms with van der Waals surface area (Å²) in [6.07, 6.45) is 0. The Balaban J connectivity index is -0.0000000817. The van der Waals surface area contributed by atoms with E-state index in [0.717, 1.165) is 0 Å². The largest absolute Gasteiger partial charge is 2.00 e. The van der Waals surface area contributed by atoms with E-state index in [1.807, 2.05) is 0 Å². The summed E-state index contributed by atoms with van der Waals surface area (Å²) < 4.78 is 0. The normalized spacial score (nSPS) is 8.73. The molecule has 73 valence electrons. The van der Waals surface area contributed by atoms with Gasteiger partial charge in [0, 0.05) is 17.1 Å². The van der Waals surface area contributed by atoms with Crippen molar-refractivity contribution in [1.29, 1.82) is 0 Å². The van der Waals surface area contributed by atoms with E-state index in [1.54, 1.807) is 0 Å². The van der Waals surface area contributed by atoms with Crippen LogP contribution in [0.2, 0.25) is 0 Å². The summed E-state index contributed by atoms with van der Waals surface area (Å²) >= 11 is 0. The first-order valence-corrected chi connectivity index (χ1v) is 2.30. The molecule has 0 aromatic rings. The first-order chi connectivity index (χ1) is 3.68. The van der Waals surface area contributed by atoms with Crippen molar-refractivity contribution in [3.8, 4) is 0 Å². The van der Waals surface area contributed by atoms with E-state index in [-0.39, 0.29) is 28.0 Å². The Morgan fingerprint density at radius 1 is 0.909 bits per heavy atom. The maximum atomic E-state index is 8.34. The van der Waals surface area contributed by atoms with Gasteiger partial charge in [-0.2, -0.15) is 0 Å². The minimum Gasteiger partial charge on any atom is -2.00 e. The molecule has 0 spiro atoms. The molecule has 0 aromatic carbocycles. The van der Waals surface area contributed by atoms with Gasteiger partial charge in [0.15, 0.2) is 0 Å². The predicted octanol–water partition coefficient (Wildman–Crippen LogP) is -2.58. The Morgan fingerprint density at radius 3 is 1.09 bits per heavy atom. The summed E-state index contributed by atoms with van der Waals surface area (Å²) in [6.45, 7) is -1.21. The molecule has 11 heavy (non-hydrogen) atoms. The van der Waals surface area contributed by atoms with Crippen LogP contribution in [0.3, 0.4) is 0 Å². The summed E-state index contributed by atoms with van der Waals surface area (Å²) in [7, 11) is 0. The van der Waals surface area contributed by atoms with E-state index in [9.17, 15) is 0 Å². The fourth-order valence-corrected chi connectivity index (χ4v) is 0.150. The summed E-state index contributed by atoms with van der Waals surface area (Å²) in [5.41, 5.74) is 3.94. The molecule has 0 bridgehead atoms. The molecular weight excluding hydrogens is 197 g/mol. The van der Waals surface area contributed by atoms with E-state index < -0.39 is 25.4 Å². The molecule has 0 aliphatic heterocycles. The molecule has 1 radical (unpaired) electrons. The first kappa shape index (κ1) is 22.5. The van der Waals surface area contributed by atoms with Gasteiger partial charge >= 0.3 is 0 Å². The summed E-state index contributed by atoms with van der Waals surface area (Å²) in [5, 5.41) is 25.0. The molecule has 0 heterocycles. The van der Waals surface area contributed by atoms with E-state index in [2.05, 4.69) is 0 Å². The molecule has 0 atom stereocenters. The maximum absolute atomic E-state index is 8.34. The molecule has 0 amide bonds. The topological polar surface area (TPSA) is 144 Å². The van der Waals surface area contributed by atoms with Gasteiger partial charge in [-0.25, -0.2) is 0 Å². The van der Waals surface area contributed by atoms with Gasteiger partial charge in [-0.1, -0.05) is 0 Å². The van der Waals surface area contributed by atoms with Crippen LogP contribution in [0.5, 0.6) is 0 Å². The molecular formula is C4H11MnNO5-4. The van der Waals surface area contributed by atoms with Crippen LogP contribution in [0.15, 0.2) is 0 Å². The van der Waals surface area contributed by atoms with Gasteiger partial charge in [-0.15, -0.1) is 0 Å². The molecule has 5 N–H and O–H groups in total. The van der Waals surface area contributed by atoms with Gasteiger partial charge in [0.2, 0.25) is 0 Å². The van der Waals surface area contributed by atoms with E-state index in [4.69, 9.17) is 21.1 Å². The van der Waals surface area contributed by atoms with Gasteiger partial charge in [-0.3, -0.25) is 0 Å². The number of aliphatic hydroxyl groups is 3. The third kappa shape index (κ3) is 8.18. The van der Waals surface area contributed by atoms with Gasteiger partial charge < -0.3 is 32.0 Å². The second-order valence-corrected chi connectivity index (χ2v) is 1.84. The summed E-state index contributed by atoms with van der Waals surface area (Å²) in [6, 6.07) is 0. The van der Waals surface area contributed by atoms with Crippen molar-refractivity contribution in [3.05, 3.63) is 0 Å². The number of nitrogens with two attached hydrogens (primary N) is 1. The van der Waals surface area contributed by atoms with Gasteiger partial charge in [0.1, 0.15) is 0 Å². The molecule has 0 aliphatic carbocycles. The Labute approximate surface area is 75.1 Å². The fraction of sp³-hybridized carbons (Fsp3) is 1.00. The second-order valence-electron chi connectivity index (χ2n) is 1.84. The molecule has 0 aliphatic rings. The Hall–Kier alpha value is 0.279. The van der Waals surface area contributed by atoms with E-state index in [1.165, 1.54) is 0 Å². The zero-order valence-electron chi connectivity index (χ0n) is 5.73. The standard InChI is InChI=1S/C4H11NO3.Mn.2O/c5-4(1-6,2-7)3-8;;;/h6-8H,1-3,5H2;;;/q;;2*-2. The van der Waals surface area contributed by atoms with Crippen molar-refractivity contribution in [2.75, 3.05) is 19.8 Å². The number of hydrogen-bond donors (Lipinski definition) is 4. The summed E-state index contributed by atoms with van der Waals surface area (Å²) in [5.74, 6) is 0. The number of rotatable bonds is 3. The van der Waals surface area contributed by atoms with Gasteiger partial charge in [-0.05, 0) is 0 Å². The molecule has 0 aromatic heterocycles. The monoisotopic (exact) mass is 208 g/mol. The van der Waals surface area contributed by atoms with Crippen molar-refractivity contribution in [1.82, 2.24) is 0 Å². The average Bonchev–Trinajstić information content (AvgIpc) is 1.87. The van der Waals surface area contributed by atoms with Crippen LogP contribution in [0.1, 0.15) is 0 Å². The molecule has 0 unspecified atom stereocenters. The average molecular weight is 208 g/mol. The van der Waals surface area contributed by atoms with Crippen molar-refractivity contribution in [2.24, 2.45) is 5.73 Å². The summed E-state index contributed by atoms with van der Waals surface area (Å²) in [4.78, 5) is 0. The van der Waals surface area contributed by atoms with Crippen LogP contribution < -0.4 is 5.73 Å². The smallest absolute Gasteiger partial charge is 0.0856 e. The van der Waals surface area contributed by atoms with Crippen LogP contribution in [-0.2, 0) is 28.0 Å². The molecule has 0 fully saturated rings. The third-order valence-electron chi connectivity index (χ3n) is 0.945. The van der Waals surface area contributed by atoms with Crippen molar-refractivity contribution < 1.29 is 43.3 Å². The fourth-order valence-electron chi connectivity index (χ4n) is 0.150. The van der Waals surface area contributed by atoms with Gasteiger partial charge in [0.05, 0.1) is 25.4 Å². The van der Waals surface area contributed by atoms with Gasteiger partial charge in [0.25, 0.3) is 0 Å². The first-order valence-electron chi connectivity index (χ1n) is 2.30. The SMILES string of the molecule is NC(CO)(CO)CO.[Mn].[O-2].[O-2]. The molecule has 0 rings (SSSR count). The van der Waals surface area contributed by atoms with E-state index in [0.29, 0.717) is 0 Å². The van der Waals surface area contributed by atoms with Crippen LogP contribution in [0, 0.1) is 0 Å². The van der Waals surface area contributed by atoms with Crippen LogP contribution >= 0.6 is 0 Å². The van der Waals surface area contributed by atoms with Crippen molar-refractivity contribution >= 4 is 0 Å².